The molecule has 2 aromatic heterocycles. The van der Waals surface area contributed by atoms with Crippen LogP contribution in [-0.2, 0) is 0 Å². The molecule has 9 rings (SSSR count). The van der Waals surface area contributed by atoms with Gasteiger partial charge in [0.05, 0.1) is 10.9 Å². The molecule has 42 heavy (non-hydrogen) atoms. The van der Waals surface area contributed by atoms with Crippen molar-refractivity contribution in [1.29, 1.82) is 0 Å². The van der Waals surface area contributed by atoms with E-state index < -0.39 is 0 Å². The van der Waals surface area contributed by atoms with Gasteiger partial charge in [-0.15, -0.1) is 0 Å². The highest BCUT2D eigenvalue weighted by molar-refractivity contribution is 6.24. The second kappa shape index (κ2) is 8.95. The zero-order chi connectivity index (χ0) is 27.6. The van der Waals surface area contributed by atoms with Gasteiger partial charge < -0.3 is 4.42 Å². The Labute approximate surface area is 242 Å². The van der Waals surface area contributed by atoms with Crippen LogP contribution in [0.4, 0.5) is 0 Å². The van der Waals surface area contributed by atoms with Gasteiger partial charge in [-0.3, -0.25) is 4.57 Å². The van der Waals surface area contributed by atoms with E-state index in [-0.39, 0.29) is 0 Å². The van der Waals surface area contributed by atoms with E-state index in [4.69, 9.17) is 4.42 Å². The van der Waals surface area contributed by atoms with Crippen LogP contribution in [0.2, 0.25) is 0 Å². The van der Waals surface area contributed by atoms with Crippen LogP contribution in [-0.4, -0.2) is 4.57 Å². The number of para-hydroxylation sites is 2. The standard InChI is InChI=1S/C40H25NO/c1-3-13-26(14-4-1)37-29-17-7-9-19-31(29)38(32-20-10-8-18-30(32)37)27-23-24-36-34(25-27)39-33-21-11-12-22-35(33)41(40(39)42-36)28-15-5-2-6-16-28/h1-25H. The molecular weight excluding hydrogens is 510 g/mol. The first-order valence-corrected chi connectivity index (χ1v) is 14.4. The number of hydrogen-bond donors (Lipinski definition) is 0. The Morgan fingerprint density at radius 3 is 1.57 bits per heavy atom. The molecular formula is C40H25NO. The number of aromatic nitrogens is 1. The molecule has 2 heteroatoms. The SMILES string of the molecule is c1ccc(-c2c3ccccc3c(-c3ccc4oc5c(c4c3)c3ccccc3n5-c3ccccc3)c3ccccc23)cc1. The fourth-order valence-corrected chi connectivity index (χ4v) is 6.84. The minimum atomic E-state index is 0.878. The van der Waals surface area contributed by atoms with Crippen molar-refractivity contribution in [2.45, 2.75) is 0 Å². The summed E-state index contributed by atoms with van der Waals surface area (Å²) in [7, 11) is 0. The summed E-state index contributed by atoms with van der Waals surface area (Å²) in [5.41, 5.74) is 8.97. The lowest BCUT2D eigenvalue weighted by Gasteiger charge is -2.17. The van der Waals surface area contributed by atoms with E-state index in [1.807, 2.05) is 0 Å². The first-order chi connectivity index (χ1) is 20.9. The fraction of sp³-hybridized carbons (Fsp3) is 0. The summed E-state index contributed by atoms with van der Waals surface area (Å²) in [5.74, 6) is 0. The Morgan fingerprint density at radius 1 is 0.405 bits per heavy atom. The van der Waals surface area contributed by atoms with Crippen molar-refractivity contribution >= 4 is 54.5 Å². The Bertz CT molecular complexity index is 2390. The highest BCUT2D eigenvalue weighted by Gasteiger charge is 2.21. The van der Waals surface area contributed by atoms with E-state index in [0.717, 1.165) is 33.3 Å². The molecule has 9 aromatic rings. The lowest BCUT2D eigenvalue weighted by Crippen LogP contribution is -1.91. The van der Waals surface area contributed by atoms with Gasteiger partial charge >= 0.3 is 0 Å². The second-order valence-electron chi connectivity index (χ2n) is 10.9. The summed E-state index contributed by atoms with van der Waals surface area (Å²) >= 11 is 0. The number of rotatable bonds is 3. The van der Waals surface area contributed by atoms with Crippen LogP contribution in [0.15, 0.2) is 156 Å². The van der Waals surface area contributed by atoms with Gasteiger partial charge in [0.15, 0.2) is 0 Å². The van der Waals surface area contributed by atoms with Crippen molar-refractivity contribution in [1.82, 2.24) is 4.57 Å². The second-order valence-corrected chi connectivity index (χ2v) is 10.9. The topological polar surface area (TPSA) is 18.1 Å². The smallest absolute Gasteiger partial charge is 0.213 e. The monoisotopic (exact) mass is 535 g/mol. The lowest BCUT2D eigenvalue weighted by molar-refractivity contribution is 0.645. The Morgan fingerprint density at radius 2 is 0.929 bits per heavy atom. The Kier molecular flexibility index (Phi) is 4.93. The summed E-state index contributed by atoms with van der Waals surface area (Å²) in [4.78, 5) is 0. The lowest BCUT2D eigenvalue weighted by atomic mass is 9.86. The predicted molar refractivity (Wildman–Crippen MR) is 176 cm³/mol. The molecule has 2 nitrogen and oxygen atoms in total. The van der Waals surface area contributed by atoms with Gasteiger partial charge in [0.1, 0.15) is 5.58 Å². The van der Waals surface area contributed by atoms with Gasteiger partial charge in [0.2, 0.25) is 5.71 Å². The van der Waals surface area contributed by atoms with Crippen molar-refractivity contribution in [3.63, 3.8) is 0 Å². The third-order valence-corrected chi connectivity index (χ3v) is 8.58. The average Bonchev–Trinajstić information content (AvgIpc) is 3.58. The Balaban J connectivity index is 1.39. The molecule has 7 aromatic carbocycles. The first-order valence-electron chi connectivity index (χ1n) is 14.4. The molecule has 0 N–H and O–H groups in total. The fourth-order valence-electron chi connectivity index (χ4n) is 6.84. The highest BCUT2D eigenvalue weighted by Crippen LogP contribution is 2.45. The number of benzene rings is 7. The summed E-state index contributed by atoms with van der Waals surface area (Å²) in [6.07, 6.45) is 0. The maximum absolute atomic E-state index is 6.63. The molecule has 0 atom stereocenters. The number of hydrogen-bond acceptors (Lipinski definition) is 1. The van der Waals surface area contributed by atoms with E-state index in [2.05, 4.69) is 156 Å². The van der Waals surface area contributed by atoms with Crippen LogP contribution in [0.3, 0.4) is 0 Å². The summed E-state index contributed by atoms with van der Waals surface area (Å²) in [6, 6.07) is 54.2. The average molecular weight is 536 g/mol. The van der Waals surface area contributed by atoms with Gasteiger partial charge in [0.25, 0.3) is 0 Å². The van der Waals surface area contributed by atoms with E-state index >= 15 is 0 Å². The van der Waals surface area contributed by atoms with Crippen LogP contribution in [0.5, 0.6) is 0 Å². The molecule has 0 radical (unpaired) electrons. The van der Waals surface area contributed by atoms with Crippen LogP contribution in [0, 0.1) is 0 Å². The van der Waals surface area contributed by atoms with E-state index in [1.54, 1.807) is 0 Å². The summed E-state index contributed by atoms with van der Waals surface area (Å²) in [6.45, 7) is 0. The third-order valence-electron chi connectivity index (χ3n) is 8.58. The Hall–Kier alpha value is -5.60. The molecule has 0 aliphatic rings. The predicted octanol–water partition coefficient (Wildman–Crippen LogP) is 11.2. The molecule has 0 saturated carbocycles. The van der Waals surface area contributed by atoms with Gasteiger partial charge in [-0.05, 0) is 74.1 Å². The summed E-state index contributed by atoms with van der Waals surface area (Å²) in [5, 5.41) is 8.50. The van der Waals surface area contributed by atoms with E-state index in [9.17, 15) is 0 Å². The molecule has 0 spiro atoms. The zero-order valence-electron chi connectivity index (χ0n) is 22.8. The van der Waals surface area contributed by atoms with Gasteiger partial charge in [-0.1, -0.05) is 121 Å². The van der Waals surface area contributed by atoms with Crippen molar-refractivity contribution in [2.24, 2.45) is 0 Å². The molecule has 0 amide bonds. The minimum Gasteiger partial charge on any atom is -0.439 e. The summed E-state index contributed by atoms with van der Waals surface area (Å²) < 4.78 is 8.87. The largest absolute Gasteiger partial charge is 0.439 e. The van der Waals surface area contributed by atoms with Crippen molar-refractivity contribution in [3.05, 3.63) is 152 Å². The molecule has 2 heterocycles. The van der Waals surface area contributed by atoms with Crippen molar-refractivity contribution in [2.75, 3.05) is 0 Å². The van der Waals surface area contributed by atoms with Gasteiger partial charge in [0, 0.05) is 16.5 Å². The normalized spacial score (nSPS) is 11.8. The van der Waals surface area contributed by atoms with Crippen LogP contribution in [0.25, 0.3) is 82.5 Å². The highest BCUT2D eigenvalue weighted by atomic mass is 16.3. The molecule has 0 aliphatic heterocycles. The number of fused-ring (bicyclic) bond motifs is 7. The number of nitrogens with zero attached hydrogens (tertiary/aromatic N) is 1. The van der Waals surface area contributed by atoms with Crippen LogP contribution < -0.4 is 0 Å². The molecule has 0 fully saturated rings. The van der Waals surface area contributed by atoms with Gasteiger partial charge in [-0.2, -0.15) is 0 Å². The maximum Gasteiger partial charge on any atom is 0.213 e. The van der Waals surface area contributed by atoms with Crippen LogP contribution >= 0.6 is 0 Å². The van der Waals surface area contributed by atoms with Gasteiger partial charge in [-0.25, -0.2) is 0 Å². The van der Waals surface area contributed by atoms with Crippen LogP contribution in [0.1, 0.15) is 0 Å². The molecule has 0 bridgehead atoms. The van der Waals surface area contributed by atoms with E-state index in [1.165, 1.54) is 49.2 Å². The third kappa shape index (κ3) is 3.27. The zero-order valence-corrected chi connectivity index (χ0v) is 22.8. The van der Waals surface area contributed by atoms with Crippen molar-refractivity contribution < 1.29 is 4.42 Å². The number of furan rings is 1. The van der Waals surface area contributed by atoms with Crippen molar-refractivity contribution in [3.8, 4) is 27.9 Å². The minimum absolute atomic E-state index is 0.878. The quantitative estimate of drug-likeness (QED) is 0.206. The van der Waals surface area contributed by atoms with E-state index in [0.29, 0.717) is 0 Å². The molecule has 196 valence electrons. The molecule has 0 aliphatic carbocycles. The molecule has 0 unspecified atom stereocenters. The molecule has 0 saturated heterocycles. The maximum atomic E-state index is 6.63. The first kappa shape index (κ1) is 23.1.